The van der Waals surface area contributed by atoms with E-state index < -0.39 is 8.80 Å². The van der Waals surface area contributed by atoms with E-state index in [1.54, 1.807) is 21.3 Å². The molecule has 0 saturated carbocycles. The minimum Gasteiger partial charge on any atom is -0.377 e. The SMILES string of the molecule is CO[Si](CCCCl)(OC)OC.[SiH3]Cl. The summed E-state index contributed by atoms with van der Waals surface area (Å²) >= 11 is 10.3. The van der Waals surface area contributed by atoms with Crippen LogP contribution in [0.4, 0.5) is 0 Å². The van der Waals surface area contributed by atoms with Crippen LogP contribution in [0, 0.1) is 0 Å². The van der Waals surface area contributed by atoms with Gasteiger partial charge in [-0.25, -0.2) is 0 Å². The summed E-state index contributed by atoms with van der Waals surface area (Å²) in [6.45, 7) is 0. The Balaban J connectivity index is 0. The summed E-state index contributed by atoms with van der Waals surface area (Å²) in [5, 5.41) is 0. The van der Waals surface area contributed by atoms with Gasteiger partial charge in [-0.2, -0.15) is 11.1 Å². The van der Waals surface area contributed by atoms with E-state index in [2.05, 4.69) is 0 Å². The molecule has 0 rings (SSSR count). The van der Waals surface area contributed by atoms with E-state index in [4.69, 9.17) is 36.0 Å². The Morgan fingerprint density at radius 2 is 1.46 bits per heavy atom. The molecule has 13 heavy (non-hydrogen) atoms. The fourth-order valence-corrected chi connectivity index (χ4v) is 2.92. The Morgan fingerprint density at radius 3 is 1.69 bits per heavy atom. The predicted octanol–water partition coefficient (Wildman–Crippen LogP) is 0.999. The second kappa shape index (κ2) is 11.0. The average molecular weight is 265 g/mol. The molecule has 0 aliphatic carbocycles. The molecule has 3 nitrogen and oxygen atoms in total. The normalized spacial score (nSPS) is 10.8. The zero-order valence-electron chi connectivity index (χ0n) is 8.60. The first-order valence-electron chi connectivity index (χ1n) is 3.84. The molecule has 0 aromatic rings. The molecule has 0 spiro atoms. The molecule has 0 radical (unpaired) electrons. The van der Waals surface area contributed by atoms with Crippen LogP contribution in [0.1, 0.15) is 6.42 Å². The summed E-state index contributed by atoms with van der Waals surface area (Å²) in [6.07, 6.45) is 0.864. The molecule has 0 saturated heterocycles. The lowest BCUT2D eigenvalue weighted by atomic mass is 10.6. The first-order valence-corrected chi connectivity index (χ1v) is 9.33. The third-order valence-electron chi connectivity index (χ3n) is 1.55. The first-order chi connectivity index (χ1) is 6.24. The summed E-state index contributed by atoms with van der Waals surface area (Å²) in [4.78, 5) is 0. The van der Waals surface area contributed by atoms with Gasteiger partial charge in [-0.05, 0) is 6.42 Å². The smallest absolute Gasteiger partial charge is 0.377 e. The Hall–Kier alpha value is 0.894. The molecule has 0 amide bonds. The van der Waals surface area contributed by atoms with E-state index in [9.17, 15) is 0 Å². The lowest BCUT2D eigenvalue weighted by Gasteiger charge is -2.23. The van der Waals surface area contributed by atoms with Crippen LogP contribution in [-0.2, 0) is 13.3 Å². The van der Waals surface area contributed by atoms with E-state index in [1.165, 1.54) is 0 Å². The van der Waals surface area contributed by atoms with Crippen molar-refractivity contribution in [3.8, 4) is 0 Å². The highest BCUT2D eigenvalue weighted by molar-refractivity contribution is 6.80. The highest BCUT2D eigenvalue weighted by atomic mass is 35.6. The van der Waals surface area contributed by atoms with Gasteiger partial charge in [0, 0.05) is 33.3 Å². The summed E-state index contributed by atoms with van der Waals surface area (Å²) in [6, 6.07) is 0.778. The zero-order chi connectivity index (χ0) is 10.7. The first kappa shape index (κ1) is 16.3. The highest BCUT2D eigenvalue weighted by Crippen LogP contribution is 2.14. The van der Waals surface area contributed by atoms with Gasteiger partial charge in [-0.15, -0.1) is 11.6 Å². The molecule has 0 bridgehead atoms. The van der Waals surface area contributed by atoms with Crippen LogP contribution in [0.25, 0.3) is 0 Å². The Bertz CT molecular complexity index is 95.6. The van der Waals surface area contributed by atoms with Crippen LogP contribution in [0.5, 0.6) is 0 Å². The highest BCUT2D eigenvalue weighted by Gasteiger charge is 2.36. The summed E-state index contributed by atoms with van der Waals surface area (Å²) < 4.78 is 15.5. The zero-order valence-corrected chi connectivity index (χ0v) is 13.1. The molecule has 0 aromatic heterocycles. The van der Waals surface area contributed by atoms with Crippen molar-refractivity contribution in [3.63, 3.8) is 0 Å². The quantitative estimate of drug-likeness (QED) is 0.407. The number of halogens is 2. The minimum absolute atomic E-state index is 0.616. The summed E-state index contributed by atoms with van der Waals surface area (Å²) in [5.74, 6) is 0.616. The Morgan fingerprint density at radius 1 is 1.08 bits per heavy atom. The van der Waals surface area contributed by atoms with Crippen LogP contribution in [0.15, 0.2) is 0 Å². The molecule has 0 heterocycles. The maximum absolute atomic E-state index is 5.53. The van der Waals surface area contributed by atoms with Crippen molar-refractivity contribution in [3.05, 3.63) is 0 Å². The van der Waals surface area contributed by atoms with Crippen molar-refractivity contribution in [1.82, 2.24) is 0 Å². The number of alkyl halides is 1. The largest absolute Gasteiger partial charge is 0.500 e. The van der Waals surface area contributed by atoms with Gasteiger partial charge in [-0.1, -0.05) is 0 Å². The van der Waals surface area contributed by atoms with Gasteiger partial charge in [0.15, 0.2) is 0 Å². The topological polar surface area (TPSA) is 27.7 Å². The fraction of sp³-hybridized carbons (Fsp3) is 1.00. The van der Waals surface area contributed by atoms with E-state index in [1.807, 2.05) is 0 Å². The van der Waals surface area contributed by atoms with Crippen molar-refractivity contribution in [1.29, 1.82) is 0 Å². The van der Waals surface area contributed by atoms with Crippen molar-refractivity contribution < 1.29 is 13.3 Å². The standard InChI is InChI=1S/C6H15ClO3Si.ClH3Si/c1-8-11(9-2,10-3)6-4-5-7;1-2/h4-6H2,1-3H3;2H3. The number of rotatable bonds is 6. The number of hydrogen-bond acceptors (Lipinski definition) is 3. The van der Waals surface area contributed by atoms with E-state index in [0.29, 0.717) is 5.88 Å². The maximum Gasteiger partial charge on any atom is 0.500 e. The average Bonchev–Trinajstić information content (AvgIpc) is 2.24. The van der Waals surface area contributed by atoms with Crippen molar-refractivity contribution >= 4 is 41.0 Å². The lowest BCUT2D eigenvalue weighted by molar-refractivity contribution is 0.123. The van der Waals surface area contributed by atoms with Gasteiger partial charge in [0.2, 0.25) is 0 Å². The van der Waals surface area contributed by atoms with Crippen molar-refractivity contribution in [2.75, 3.05) is 27.2 Å². The molecule has 0 unspecified atom stereocenters. The van der Waals surface area contributed by atoms with Gasteiger partial charge in [0.25, 0.3) is 0 Å². The van der Waals surface area contributed by atoms with Crippen LogP contribution in [0.2, 0.25) is 6.04 Å². The van der Waals surface area contributed by atoms with Crippen molar-refractivity contribution in [2.45, 2.75) is 12.5 Å². The van der Waals surface area contributed by atoms with Gasteiger partial charge in [0.1, 0.15) is 9.55 Å². The van der Waals surface area contributed by atoms with Crippen LogP contribution < -0.4 is 0 Å². The van der Waals surface area contributed by atoms with Gasteiger partial charge in [0.05, 0.1) is 0 Å². The van der Waals surface area contributed by atoms with E-state index in [-0.39, 0.29) is 0 Å². The summed E-state index contributed by atoms with van der Waals surface area (Å²) in [5.41, 5.74) is 0. The molecule has 0 N–H and O–H groups in total. The molecular formula is C6H18Cl2O3Si2. The second-order valence-electron chi connectivity index (χ2n) is 2.09. The van der Waals surface area contributed by atoms with Gasteiger partial charge < -0.3 is 13.3 Å². The maximum atomic E-state index is 5.53. The molecular weight excluding hydrogens is 247 g/mol. The summed E-state index contributed by atoms with van der Waals surface area (Å²) in [7, 11) is 3.27. The molecule has 0 aliphatic rings. The minimum atomic E-state index is -2.32. The van der Waals surface area contributed by atoms with Crippen LogP contribution in [-0.4, -0.2) is 45.6 Å². The monoisotopic (exact) mass is 264 g/mol. The molecule has 0 aromatic carbocycles. The van der Waals surface area contributed by atoms with Crippen molar-refractivity contribution in [2.24, 2.45) is 0 Å². The van der Waals surface area contributed by atoms with Crippen LogP contribution >= 0.6 is 22.7 Å². The lowest BCUT2D eigenvalue weighted by Crippen LogP contribution is -2.42. The van der Waals surface area contributed by atoms with E-state index in [0.717, 1.165) is 22.0 Å². The molecule has 0 aliphatic heterocycles. The molecule has 7 heteroatoms. The third-order valence-corrected chi connectivity index (χ3v) is 4.65. The molecule has 0 fully saturated rings. The van der Waals surface area contributed by atoms with Crippen LogP contribution in [0.3, 0.4) is 0 Å². The Labute approximate surface area is 94.1 Å². The Kier molecular flexibility index (Phi) is 13.8. The van der Waals surface area contributed by atoms with Gasteiger partial charge >= 0.3 is 8.80 Å². The molecule has 0 atom stereocenters. The van der Waals surface area contributed by atoms with E-state index >= 15 is 0 Å². The van der Waals surface area contributed by atoms with Gasteiger partial charge in [-0.3, -0.25) is 0 Å². The second-order valence-corrected chi connectivity index (χ2v) is 5.56. The fourth-order valence-electron chi connectivity index (χ4n) is 0.840. The number of hydrogen-bond donors (Lipinski definition) is 0. The molecule has 82 valence electrons. The predicted molar refractivity (Wildman–Crippen MR) is 62.7 cm³/mol. The third kappa shape index (κ3) is 6.90.